The van der Waals surface area contributed by atoms with Gasteiger partial charge < -0.3 is 10.9 Å². The molecule has 2 rings (SSSR count). The average Bonchev–Trinajstić information content (AvgIpc) is 2.76. The molecule has 0 fully saturated rings. The number of hydrogen-bond donors (Lipinski definition) is 2. The molecule has 2 aromatic rings. The fourth-order valence-corrected chi connectivity index (χ4v) is 2.34. The molecule has 0 aliphatic rings. The predicted molar refractivity (Wildman–Crippen MR) is 69.1 cm³/mol. The van der Waals surface area contributed by atoms with E-state index in [0.717, 1.165) is 10.1 Å². The van der Waals surface area contributed by atoms with Gasteiger partial charge in [0.05, 0.1) is 5.02 Å². The molecule has 1 aromatic carbocycles. The zero-order chi connectivity index (χ0) is 13.1. The molecule has 0 saturated carbocycles. The lowest BCUT2D eigenvalue weighted by atomic mass is 10.2. The Morgan fingerprint density at radius 3 is 2.89 bits per heavy atom. The molecule has 1 heterocycles. The highest BCUT2D eigenvalue weighted by Gasteiger charge is 2.09. The zero-order valence-corrected chi connectivity index (χ0v) is 11.0. The van der Waals surface area contributed by atoms with E-state index >= 15 is 0 Å². The standard InChI is InChI=1S/C10H10ClN5OS/c1-16-10(13-5-14-16)18-8-3-2-6(4-7(8)11)9(12)15-17/h2-5,17H,1H3,(H2,12,15). The molecular weight excluding hydrogens is 274 g/mol. The molecule has 3 N–H and O–H groups in total. The van der Waals surface area contributed by atoms with Crippen LogP contribution in [0.4, 0.5) is 0 Å². The fourth-order valence-electron chi connectivity index (χ4n) is 1.28. The van der Waals surface area contributed by atoms with Crippen molar-refractivity contribution in [3.8, 4) is 0 Å². The summed E-state index contributed by atoms with van der Waals surface area (Å²) in [6, 6.07) is 5.14. The van der Waals surface area contributed by atoms with Crippen molar-refractivity contribution in [1.82, 2.24) is 14.8 Å². The second-order valence-corrected chi connectivity index (χ2v) is 4.82. The third kappa shape index (κ3) is 2.57. The third-order valence-corrected chi connectivity index (χ3v) is 3.76. The van der Waals surface area contributed by atoms with Gasteiger partial charge in [0.1, 0.15) is 6.33 Å². The second-order valence-electron chi connectivity index (χ2n) is 3.40. The van der Waals surface area contributed by atoms with E-state index in [-0.39, 0.29) is 5.84 Å². The van der Waals surface area contributed by atoms with Crippen LogP contribution in [0, 0.1) is 0 Å². The van der Waals surface area contributed by atoms with Gasteiger partial charge >= 0.3 is 0 Å². The van der Waals surface area contributed by atoms with Crippen molar-refractivity contribution >= 4 is 29.2 Å². The molecule has 0 aliphatic carbocycles. The van der Waals surface area contributed by atoms with Crippen LogP contribution in [-0.2, 0) is 7.05 Å². The maximum Gasteiger partial charge on any atom is 0.190 e. The molecule has 94 valence electrons. The maximum absolute atomic E-state index is 8.59. The monoisotopic (exact) mass is 283 g/mol. The van der Waals surface area contributed by atoms with E-state index in [2.05, 4.69) is 15.2 Å². The molecule has 0 atom stereocenters. The molecular formula is C10H10ClN5OS. The first kappa shape index (κ1) is 12.7. The van der Waals surface area contributed by atoms with Crippen molar-refractivity contribution < 1.29 is 5.21 Å². The van der Waals surface area contributed by atoms with E-state index in [9.17, 15) is 0 Å². The summed E-state index contributed by atoms with van der Waals surface area (Å²) in [5.74, 6) is 0.0205. The smallest absolute Gasteiger partial charge is 0.190 e. The van der Waals surface area contributed by atoms with E-state index in [1.807, 2.05) is 0 Å². The van der Waals surface area contributed by atoms with E-state index in [1.165, 1.54) is 18.1 Å². The number of nitrogens with two attached hydrogens (primary N) is 1. The van der Waals surface area contributed by atoms with Crippen LogP contribution in [0.3, 0.4) is 0 Å². The summed E-state index contributed by atoms with van der Waals surface area (Å²) in [6.45, 7) is 0. The minimum absolute atomic E-state index is 0.0205. The summed E-state index contributed by atoms with van der Waals surface area (Å²) < 4.78 is 1.65. The number of hydrogen-bond acceptors (Lipinski definition) is 5. The van der Waals surface area contributed by atoms with Crippen LogP contribution >= 0.6 is 23.4 Å². The summed E-state index contributed by atoms with van der Waals surface area (Å²) >= 11 is 7.52. The van der Waals surface area contributed by atoms with E-state index in [4.69, 9.17) is 22.5 Å². The predicted octanol–water partition coefficient (Wildman–Crippen LogP) is 1.71. The lowest BCUT2D eigenvalue weighted by molar-refractivity contribution is 0.318. The minimum Gasteiger partial charge on any atom is -0.409 e. The molecule has 0 aliphatic heterocycles. The van der Waals surface area contributed by atoms with Crippen molar-refractivity contribution in [3.63, 3.8) is 0 Å². The van der Waals surface area contributed by atoms with Crippen molar-refractivity contribution in [2.45, 2.75) is 10.1 Å². The molecule has 0 amide bonds. The molecule has 1 aromatic heterocycles. The number of halogens is 1. The molecule has 0 unspecified atom stereocenters. The Kier molecular flexibility index (Phi) is 3.73. The summed E-state index contributed by atoms with van der Waals surface area (Å²) in [5.41, 5.74) is 6.04. The minimum atomic E-state index is 0.0205. The van der Waals surface area contributed by atoms with E-state index in [1.54, 1.807) is 29.9 Å². The molecule has 0 bridgehead atoms. The van der Waals surface area contributed by atoms with Gasteiger partial charge in [0.25, 0.3) is 0 Å². The van der Waals surface area contributed by atoms with Gasteiger partial charge in [-0.1, -0.05) is 16.8 Å². The van der Waals surface area contributed by atoms with E-state index < -0.39 is 0 Å². The molecule has 18 heavy (non-hydrogen) atoms. The van der Waals surface area contributed by atoms with Crippen molar-refractivity contribution in [2.24, 2.45) is 17.9 Å². The highest BCUT2D eigenvalue weighted by Crippen LogP contribution is 2.32. The van der Waals surface area contributed by atoms with Crippen LogP contribution in [0.1, 0.15) is 5.56 Å². The van der Waals surface area contributed by atoms with Gasteiger partial charge in [-0.05, 0) is 30.0 Å². The summed E-state index contributed by atoms with van der Waals surface area (Å²) in [5, 5.41) is 16.7. The highest BCUT2D eigenvalue weighted by atomic mass is 35.5. The highest BCUT2D eigenvalue weighted by molar-refractivity contribution is 7.99. The van der Waals surface area contributed by atoms with Gasteiger partial charge in [0, 0.05) is 17.5 Å². The number of aryl methyl sites for hydroxylation is 1. The second kappa shape index (κ2) is 5.28. The number of benzene rings is 1. The number of nitrogens with zero attached hydrogens (tertiary/aromatic N) is 4. The maximum atomic E-state index is 8.59. The van der Waals surface area contributed by atoms with E-state index in [0.29, 0.717) is 10.6 Å². The van der Waals surface area contributed by atoms with Gasteiger partial charge in [-0.25, -0.2) is 9.67 Å². The summed E-state index contributed by atoms with van der Waals surface area (Å²) in [6.07, 6.45) is 1.47. The largest absolute Gasteiger partial charge is 0.409 e. The molecule has 0 radical (unpaired) electrons. The number of aromatic nitrogens is 3. The Morgan fingerprint density at radius 1 is 1.56 bits per heavy atom. The Balaban J connectivity index is 2.28. The number of rotatable bonds is 3. The van der Waals surface area contributed by atoms with Crippen LogP contribution in [0.15, 0.2) is 39.7 Å². The van der Waals surface area contributed by atoms with Crippen LogP contribution < -0.4 is 5.73 Å². The van der Waals surface area contributed by atoms with Crippen molar-refractivity contribution in [2.75, 3.05) is 0 Å². The normalized spacial score (nSPS) is 11.8. The fraction of sp³-hybridized carbons (Fsp3) is 0.100. The SMILES string of the molecule is Cn1ncnc1Sc1ccc(/C(N)=N/O)cc1Cl. The molecule has 6 nitrogen and oxygen atoms in total. The van der Waals surface area contributed by atoms with Crippen molar-refractivity contribution in [3.05, 3.63) is 35.1 Å². The first-order valence-corrected chi connectivity index (χ1v) is 6.10. The van der Waals surface area contributed by atoms with Crippen LogP contribution in [0.5, 0.6) is 0 Å². The van der Waals surface area contributed by atoms with Gasteiger partial charge in [-0.2, -0.15) is 5.10 Å². The van der Waals surface area contributed by atoms with Crippen LogP contribution in [0.25, 0.3) is 0 Å². The topological polar surface area (TPSA) is 89.3 Å². The Morgan fingerprint density at radius 2 is 2.33 bits per heavy atom. The molecule has 0 saturated heterocycles. The van der Waals surface area contributed by atoms with Gasteiger partial charge in [0.2, 0.25) is 0 Å². The number of oxime groups is 1. The zero-order valence-electron chi connectivity index (χ0n) is 9.41. The quantitative estimate of drug-likeness (QED) is 0.387. The molecule has 8 heteroatoms. The van der Waals surface area contributed by atoms with Gasteiger partial charge in [-0.15, -0.1) is 0 Å². The summed E-state index contributed by atoms with van der Waals surface area (Å²) in [4.78, 5) is 4.92. The first-order chi connectivity index (χ1) is 8.61. The Hall–Kier alpha value is -1.73. The van der Waals surface area contributed by atoms with Gasteiger partial charge in [0.15, 0.2) is 11.0 Å². The van der Waals surface area contributed by atoms with Crippen molar-refractivity contribution in [1.29, 1.82) is 0 Å². The Labute approximate surface area is 112 Å². The van der Waals surface area contributed by atoms with Crippen LogP contribution in [-0.4, -0.2) is 25.8 Å². The summed E-state index contributed by atoms with van der Waals surface area (Å²) in [7, 11) is 1.80. The number of amidine groups is 1. The third-order valence-electron chi connectivity index (χ3n) is 2.21. The lowest BCUT2D eigenvalue weighted by Gasteiger charge is -2.05. The average molecular weight is 284 g/mol. The molecule has 0 spiro atoms. The lowest BCUT2D eigenvalue weighted by Crippen LogP contribution is -2.12. The Bertz CT molecular complexity index is 598. The first-order valence-electron chi connectivity index (χ1n) is 4.91. The van der Waals surface area contributed by atoms with Crippen LogP contribution in [0.2, 0.25) is 5.02 Å². The van der Waals surface area contributed by atoms with Gasteiger partial charge in [-0.3, -0.25) is 0 Å².